The molecule has 8 rings (SSSR count). The maximum absolute atomic E-state index is 14.0. The number of fused-ring (bicyclic) bond motifs is 2. The van der Waals surface area contributed by atoms with E-state index in [1.807, 2.05) is 48.5 Å². The first-order valence-corrected chi connectivity index (χ1v) is 21.0. The highest BCUT2D eigenvalue weighted by Crippen LogP contribution is 2.45. The van der Waals surface area contributed by atoms with Crippen LogP contribution in [0.25, 0.3) is 0 Å². The number of piperazine rings is 2. The van der Waals surface area contributed by atoms with Gasteiger partial charge in [-0.3, -0.25) is 9.80 Å². The van der Waals surface area contributed by atoms with Gasteiger partial charge in [-0.25, -0.2) is 19.6 Å². The third-order valence-electron chi connectivity index (χ3n) is 11.9. The Labute approximate surface area is 361 Å². The SMILES string of the molecule is COc1ccc2c(c1OC)CCOC2(CN1CCN(c2ccccn2)CC1)OC(=O)/C=C/C(=O)OC1(CN2CCN(c3ccccn3)CC2)OCCc2c1ccc(OC)c2OC. The number of hydrogen-bond acceptors (Lipinski definition) is 16. The molecule has 4 aromatic rings. The molecule has 0 aliphatic carbocycles. The van der Waals surface area contributed by atoms with Crippen LogP contribution in [0.2, 0.25) is 0 Å². The zero-order valence-electron chi connectivity index (χ0n) is 35.7. The average molecular weight is 851 g/mol. The van der Waals surface area contributed by atoms with E-state index in [0.29, 0.717) is 73.1 Å². The lowest BCUT2D eigenvalue weighted by molar-refractivity contribution is -0.250. The van der Waals surface area contributed by atoms with Gasteiger partial charge in [-0.15, -0.1) is 0 Å². The number of hydrogen-bond donors (Lipinski definition) is 0. The maximum Gasteiger partial charge on any atom is 0.333 e. The van der Waals surface area contributed by atoms with Gasteiger partial charge in [0.05, 0.1) is 54.7 Å². The normalized spacial score (nSPS) is 21.7. The smallest absolute Gasteiger partial charge is 0.333 e. The lowest BCUT2D eigenvalue weighted by Gasteiger charge is -2.44. The molecule has 2 fully saturated rings. The van der Waals surface area contributed by atoms with Crippen molar-refractivity contribution in [1.82, 2.24) is 19.8 Å². The molecule has 0 amide bonds. The summed E-state index contributed by atoms with van der Waals surface area (Å²) < 4.78 is 48.5. The summed E-state index contributed by atoms with van der Waals surface area (Å²) in [4.78, 5) is 45.9. The van der Waals surface area contributed by atoms with E-state index in [0.717, 1.165) is 61.1 Å². The van der Waals surface area contributed by atoms with Crippen molar-refractivity contribution in [1.29, 1.82) is 0 Å². The van der Waals surface area contributed by atoms with Crippen LogP contribution in [0.15, 0.2) is 85.2 Å². The highest BCUT2D eigenvalue weighted by Gasteiger charge is 2.47. The van der Waals surface area contributed by atoms with E-state index in [9.17, 15) is 9.59 Å². The molecule has 2 aromatic heterocycles. The minimum Gasteiger partial charge on any atom is -0.493 e. The maximum atomic E-state index is 14.0. The van der Waals surface area contributed by atoms with Crippen LogP contribution in [-0.2, 0) is 53.0 Å². The van der Waals surface area contributed by atoms with Crippen LogP contribution in [0.5, 0.6) is 23.0 Å². The standard InChI is InChI=1S/C46H54N6O10/c1-55-37-13-11-35-33(43(37)57-3)17-29-59-45(35,31-49-21-25-51(26-22-49)39-9-5-7-19-47-39)61-41(53)15-16-42(54)62-46(32-50-23-27-52(28-24-50)40-10-6-8-20-48-40)36-12-14-38(56-2)44(58-4)34(36)18-30-60-46/h5-16,19-20H,17-18,21-32H2,1-4H3/b16-15+. The van der Waals surface area contributed by atoms with Gasteiger partial charge < -0.3 is 47.7 Å². The van der Waals surface area contributed by atoms with Crippen LogP contribution in [-0.4, -0.2) is 139 Å². The Hall–Kier alpha value is -5.94. The lowest BCUT2D eigenvalue weighted by atomic mass is 9.92. The Balaban J connectivity index is 1.03. The van der Waals surface area contributed by atoms with E-state index in [-0.39, 0.29) is 26.3 Å². The molecular formula is C46H54N6O10. The molecule has 2 unspecified atom stereocenters. The summed E-state index contributed by atoms with van der Waals surface area (Å²) in [7, 11) is 6.34. The quantitative estimate of drug-likeness (QED) is 0.133. The van der Waals surface area contributed by atoms with Gasteiger partial charge in [0.1, 0.15) is 11.6 Å². The molecule has 0 N–H and O–H groups in total. The highest BCUT2D eigenvalue weighted by molar-refractivity contribution is 5.92. The summed E-state index contributed by atoms with van der Waals surface area (Å²) in [5, 5.41) is 0. The molecule has 16 nitrogen and oxygen atoms in total. The van der Waals surface area contributed by atoms with E-state index in [2.05, 4.69) is 29.6 Å². The second-order valence-corrected chi connectivity index (χ2v) is 15.4. The molecule has 16 heteroatoms. The number of methoxy groups -OCH3 is 4. The fraction of sp³-hybridized carbons (Fsp3) is 0.435. The third kappa shape index (κ3) is 8.86. The molecule has 0 bridgehead atoms. The molecule has 2 saturated heterocycles. The Morgan fingerprint density at radius 1 is 0.581 bits per heavy atom. The number of ether oxygens (including phenoxy) is 8. The van der Waals surface area contributed by atoms with Gasteiger partial charge in [-0.05, 0) is 48.5 Å². The number of carbonyl (C=O) groups excluding carboxylic acids is 2. The first-order valence-electron chi connectivity index (χ1n) is 21.0. The zero-order chi connectivity index (χ0) is 43.1. The van der Waals surface area contributed by atoms with Crippen LogP contribution in [0.1, 0.15) is 22.3 Å². The van der Waals surface area contributed by atoms with E-state index >= 15 is 0 Å². The molecule has 4 aliphatic heterocycles. The van der Waals surface area contributed by atoms with Crippen molar-refractivity contribution >= 4 is 23.6 Å². The van der Waals surface area contributed by atoms with Crippen molar-refractivity contribution in [3.05, 3.63) is 107 Å². The summed E-state index contributed by atoms with van der Waals surface area (Å²) in [6.45, 7) is 6.54. The van der Waals surface area contributed by atoms with E-state index < -0.39 is 23.5 Å². The average Bonchev–Trinajstić information content (AvgIpc) is 3.31. The van der Waals surface area contributed by atoms with Crippen molar-refractivity contribution in [3.8, 4) is 23.0 Å². The number of carbonyl (C=O) groups is 2. The Morgan fingerprint density at radius 3 is 1.35 bits per heavy atom. The van der Waals surface area contributed by atoms with Crippen LogP contribution in [0.3, 0.4) is 0 Å². The summed E-state index contributed by atoms with van der Waals surface area (Å²) >= 11 is 0. The largest absolute Gasteiger partial charge is 0.493 e. The minimum atomic E-state index is -1.52. The number of pyridine rings is 2. The molecule has 6 heterocycles. The second kappa shape index (κ2) is 19.0. The molecule has 328 valence electrons. The van der Waals surface area contributed by atoms with Crippen molar-refractivity contribution < 1.29 is 47.5 Å². The van der Waals surface area contributed by atoms with E-state index in [1.54, 1.807) is 53.0 Å². The molecular weight excluding hydrogens is 797 g/mol. The summed E-state index contributed by atoms with van der Waals surface area (Å²) in [5.41, 5.74) is 2.95. The lowest BCUT2D eigenvalue weighted by Crippen LogP contribution is -2.54. The monoisotopic (exact) mass is 850 g/mol. The molecule has 2 aromatic carbocycles. The number of rotatable bonds is 14. The van der Waals surface area contributed by atoms with Gasteiger partial charge in [-0.2, -0.15) is 0 Å². The van der Waals surface area contributed by atoms with Crippen LogP contribution < -0.4 is 28.7 Å². The topological polar surface area (TPSA) is 147 Å². The molecule has 4 aliphatic rings. The molecule has 2 atom stereocenters. The van der Waals surface area contributed by atoms with Crippen molar-refractivity contribution in [2.24, 2.45) is 0 Å². The van der Waals surface area contributed by atoms with Crippen LogP contribution >= 0.6 is 0 Å². The summed E-state index contributed by atoms with van der Waals surface area (Å²) in [5.74, 6) is -0.564. The molecule has 0 radical (unpaired) electrons. The van der Waals surface area contributed by atoms with Crippen molar-refractivity contribution in [2.45, 2.75) is 24.4 Å². The second-order valence-electron chi connectivity index (χ2n) is 15.4. The van der Waals surface area contributed by atoms with Gasteiger partial charge >= 0.3 is 11.9 Å². The molecule has 0 spiro atoms. The molecule has 0 saturated carbocycles. The number of nitrogens with zero attached hydrogens (tertiary/aromatic N) is 6. The summed E-state index contributed by atoms with van der Waals surface area (Å²) in [6, 6.07) is 19.0. The van der Waals surface area contributed by atoms with Gasteiger partial charge in [0.15, 0.2) is 23.0 Å². The van der Waals surface area contributed by atoms with Crippen LogP contribution in [0, 0.1) is 0 Å². The van der Waals surface area contributed by atoms with Gasteiger partial charge in [0.2, 0.25) is 0 Å². The fourth-order valence-corrected chi connectivity index (χ4v) is 8.95. The number of esters is 2. The molecule has 62 heavy (non-hydrogen) atoms. The fourth-order valence-electron chi connectivity index (χ4n) is 8.95. The van der Waals surface area contributed by atoms with E-state index in [4.69, 9.17) is 37.9 Å². The predicted molar refractivity (Wildman–Crippen MR) is 229 cm³/mol. The van der Waals surface area contributed by atoms with Gasteiger partial charge in [-0.1, -0.05) is 12.1 Å². The number of anilines is 2. The Morgan fingerprint density at radius 2 is 1.00 bits per heavy atom. The van der Waals surface area contributed by atoms with Crippen molar-refractivity contribution in [3.63, 3.8) is 0 Å². The highest BCUT2D eigenvalue weighted by atomic mass is 16.7. The van der Waals surface area contributed by atoms with Crippen molar-refractivity contribution in [2.75, 3.05) is 117 Å². The van der Waals surface area contributed by atoms with Gasteiger partial charge in [0.25, 0.3) is 11.6 Å². The zero-order valence-corrected chi connectivity index (χ0v) is 35.7. The first kappa shape index (κ1) is 42.7. The number of aromatic nitrogens is 2. The minimum absolute atomic E-state index is 0.238. The third-order valence-corrected chi connectivity index (χ3v) is 11.9. The van der Waals surface area contributed by atoms with Gasteiger partial charge in [0, 0.05) is 112 Å². The number of benzene rings is 2. The Bertz CT molecular complexity index is 2060. The van der Waals surface area contributed by atoms with E-state index in [1.165, 1.54) is 0 Å². The summed E-state index contributed by atoms with van der Waals surface area (Å²) in [6.07, 6.45) is 6.77. The first-order chi connectivity index (χ1) is 30.3. The van der Waals surface area contributed by atoms with Crippen LogP contribution in [0.4, 0.5) is 11.6 Å². The Kier molecular flexibility index (Phi) is 13.1. The predicted octanol–water partition coefficient (Wildman–Crippen LogP) is 3.95.